The first-order chi connectivity index (χ1) is 8.25. The van der Waals surface area contributed by atoms with Gasteiger partial charge in [-0.25, -0.2) is 4.98 Å². The van der Waals surface area contributed by atoms with Crippen molar-refractivity contribution in [3.8, 4) is 5.69 Å². The summed E-state index contributed by atoms with van der Waals surface area (Å²) in [6.07, 6.45) is 3.22. The lowest BCUT2D eigenvalue weighted by Gasteiger charge is -2.04. The van der Waals surface area contributed by atoms with Crippen molar-refractivity contribution in [3.05, 3.63) is 52.2 Å². The fraction of sp³-hybridized carbons (Fsp3) is 0.0833. The lowest BCUT2D eigenvalue weighted by molar-refractivity contribution is 0.952. The van der Waals surface area contributed by atoms with Gasteiger partial charge in [0.25, 0.3) is 5.56 Å². The number of aryl methyl sites for hydroxylation is 1. The summed E-state index contributed by atoms with van der Waals surface area (Å²) in [6, 6.07) is 5.59. The number of aromatic nitrogens is 3. The number of hydrogen-bond acceptors (Lipinski definition) is 4. The van der Waals surface area contributed by atoms with Crippen molar-refractivity contribution >= 4 is 21.6 Å². The standard InChI is InChI=1S/C12H9N3OS/c1-8-2-3-9(6-13-8)15-7-14-10-4-5-17-11(10)12(15)16/h2-7H,1H3. The lowest BCUT2D eigenvalue weighted by Crippen LogP contribution is -2.17. The minimum absolute atomic E-state index is 0.0457. The summed E-state index contributed by atoms with van der Waals surface area (Å²) in [4.78, 5) is 20.6. The average molecular weight is 243 g/mol. The van der Waals surface area contributed by atoms with E-state index in [0.717, 1.165) is 16.9 Å². The maximum atomic E-state index is 12.2. The minimum atomic E-state index is -0.0457. The summed E-state index contributed by atoms with van der Waals surface area (Å²) >= 11 is 1.41. The van der Waals surface area contributed by atoms with E-state index in [1.54, 1.807) is 12.5 Å². The Bertz CT molecular complexity index is 727. The zero-order valence-corrected chi connectivity index (χ0v) is 9.94. The van der Waals surface area contributed by atoms with E-state index in [1.165, 1.54) is 15.9 Å². The largest absolute Gasteiger partial charge is 0.275 e. The Hall–Kier alpha value is -2.01. The molecule has 0 N–H and O–H groups in total. The molecule has 0 aliphatic carbocycles. The van der Waals surface area contributed by atoms with E-state index >= 15 is 0 Å². The number of fused-ring (bicyclic) bond motifs is 1. The van der Waals surface area contributed by atoms with Crippen molar-refractivity contribution in [2.24, 2.45) is 0 Å². The van der Waals surface area contributed by atoms with Gasteiger partial charge in [0.15, 0.2) is 0 Å². The van der Waals surface area contributed by atoms with Gasteiger partial charge in [0.1, 0.15) is 11.0 Å². The smallest absolute Gasteiger partial charge is 0.267 e. The van der Waals surface area contributed by atoms with Crippen LogP contribution in [0.4, 0.5) is 0 Å². The molecule has 0 amide bonds. The molecule has 0 saturated carbocycles. The van der Waals surface area contributed by atoms with Gasteiger partial charge in [-0.15, -0.1) is 11.3 Å². The fourth-order valence-corrected chi connectivity index (χ4v) is 2.41. The fourth-order valence-electron chi connectivity index (χ4n) is 1.63. The van der Waals surface area contributed by atoms with Gasteiger partial charge in [-0.3, -0.25) is 14.3 Å². The second-order valence-electron chi connectivity index (χ2n) is 3.71. The van der Waals surface area contributed by atoms with Gasteiger partial charge in [-0.1, -0.05) is 0 Å². The maximum absolute atomic E-state index is 12.2. The van der Waals surface area contributed by atoms with Crippen molar-refractivity contribution < 1.29 is 0 Å². The number of nitrogens with zero attached hydrogens (tertiary/aromatic N) is 3. The van der Waals surface area contributed by atoms with Crippen molar-refractivity contribution in [2.75, 3.05) is 0 Å². The highest BCUT2D eigenvalue weighted by atomic mass is 32.1. The third-order valence-electron chi connectivity index (χ3n) is 2.54. The molecule has 3 aromatic heterocycles. The van der Waals surface area contributed by atoms with Crippen LogP contribution in [0.5, 0.6) is 0 Å². The van der Waals surface area contributed by atoms with Crippen LogP contribution in [-0.2, 0) is 0 Å². The summed E-state index contributed by atoms with van der Waals surface area (Å²) in [5, 5.41) is 1.87. The molecular weight excluding hydrogens is 234 g/mol. The molecule has 0 saturated heterocycles. The molecular formula is C12H9N3OS. The third-order valence-corrected chi connectivity index (χ3v) is 3.44. The van der Waals surface area contributed by atoms with E-state index in [0.29, 0.717) is 4.70 Å². The first-order valence-corrected chi connectivity index (χ1v) is 6.01. The van der Waals surface area contributed by atoms with E-state index < -0.39 is 0 Å². The molecule has 4 nitrogen and oxygen atoms in total. The van der Waals surface area contributed by atoms with Crippen LogP contribution < -0.4 is 5.56 Å². The highest BCUT2D eigenvalue weighted by molar-refractivity contribution is 7.17. The second-order valence-corrected chi connectivity index (χ2v) is 4.63. The number of rotatable bonds is 1. The molecule has 3 aromatic rings. The van der Waals surface area contributed by atoms with Crippen molar-refractivity contribution in [1.82, 2.24) is 14.5 Å². The van der Waals surface area contributed by atoms with E-state index in [-0.39, 0.29) is 5.56 Å². The van der Waals surface area contributed by atoms with Crippen LogP contribution >= 0.6 is 11.3 Å². The number of thiophene rings is 1. The van der Waals surface area contributed by atoms with E-state index in [2.05, 4.69) is 9.97 Å². The van der Waals surface area contributed by atoms with Crippen LogP contribution in [0.15, 0.2) is 40.9 Å². The maximum Gasteiger partial charge on any atom is 0.275 e. The molecule has 0 spiro atoms. The summed E-state index contributed by atoms with van der Waals surface area (Å²) in [6.45, 7) is 1.91. The molecule has 0 atom stereocenters. The molecule has 3 heterocycles. The highest BCUT2D eigenvalue weighted by Crippen LogP contribution is 2.14. The Labute approximate surface area is 101 Å². The van der Waals surface area contributed by atoms with Gasteiger partial charge in [-0.2, -0.15) is 0 Å². The molecule has 0 unspecified atom stereocenters. The molecule has 5 heteroatoms. The van der Waals surface area contributed by atoms with Crippen molar-refractivity contribution in [2.45, 2.75) is 6.92 Å². The summed E-state index contributed by atoms with van der Waals surface area (Å²) in [5.41, 5.74) is 2.36. The molecule has 84 valence electrons. The van der Waals surface area contributed by atoms with E-state index in [4.69, 9.17) is 0 Å². The van der Waals surface area contributed by atoms with Crippen LogP contribution in [0.25, 0.3) is 15.9 Å². The van der Waals surface area contributed by atoms with Crippen LogP contribution in [0.3, 0.4) is 0 Å². The topological polar surface area (TPSA) is 47.8 Å². The molecule has 0 fully saturated rings. The molecule has 0 aliphatic rings. The monoisotopic (exact) mass is 243 g/mol. The zero-order chi connectivity index (χ0) is 11.8. The molecule has 3 rings (SSSR count). The molecule has 0 bridgehead atoms. The van der Waals surface area contributed by atoms with Crippen LogP contribution in [-0.4, -0.2) is 14.5 Å². The second kappa shape index (κ2) is 3.78. The van der Waals surface area contributed by atoms with Gasteiger partial charge in [-0.05, 0) is 30.5 Å². The molecule has 17 heavy (non-hydrogen) atoms. The van der Waals surface area contributed by atoms with Crippen LogP contribution in [0.1, 0.15) is 5.69 Å². The van der Waals surface area contributed by atoms with Gasteiger partial charge in [0.05, 0.1) is 17.4 Å². The Morgan fingerprint density at radius 1 is 1.24 bits per heavy atom. The van der Waals surface area contributed by atoms with E-state index in [1.807, 2.05) is 30.5 Å². The Balaban J connectivity index is 2.27. The van der Waals surface area contributed by atoms with Gasteiger partial charge in [0.2, 0.25) is 0 Å². The van der Waals surface area contributed by atoms with Crippen LogP contribution in [0, 0.1) is 6.92 Å². The van der Waals surface area contributed by atoms with Crippen LogP contribution in [0.2, 0.25) is 0 Å². The predicted octanol–water partition coefficient (Wildman–Crippen LogP) is 2.15. The van der Waals surface area contributed by atoms with E-state index in [9.17, 15) is 4.79 Å². The van der Waals surface area contributed by atoms with Crippen molar-refractivity contribution in [3.63, 3.8) is 0 Å². The first kappa shape index (κ1) is 10.2. The predicted molar refractivity (Wildman–Crippen MR) is 67.7 cm³/mol. The average Bonchev–Trinajstić information content (AvgIpc) is 2.80. The van der Waals surface area contributed by atoms with Gasteiger partial charge in [0, 0.05) is 5.69 Å². The quantitative estimate of drug-likeness (QED) is 0.658. The van der Waals surface area contributed by atoms with Gasteiger partial charge < -0.3 is 0 Å². The number of hydrogen-bond donors (Lipinski definition) is 0. The number of pyridine rings is 1. The SMILES string of the molecule is Cc1ccc(-n2cnc3ccsc3c2=O)cn1. The van der Waals surface area contributed by atoms with Crippen molar-refractivity contribution in [1.29, 1.82) is 0 Å². The normalized spacial score (nSPS) is 10.9. The lowest BCUT2D eigenvalue weighted by atomic mass is 10.3. The summed E-state index contributed by atoms with van der Waals surface area (Å²) in [5.74, 6) is 0. The molecule has 0 aromatic carbocycles. The molecule has 0 radical (unpaired) electrons. The van der Waals surface area contributed by atoms with Gasteiger partial charge >= 0.3 is 0 Å². The Morgan fingerprint density at radius 2 is 2.12 bits per heavy atom. The summed E-state index contributed by atoms with van der Waals surface area (Å²) in [7, 11) is 0. The first-order valence-electron chi connectivity index (χ1n) is 5.13. The summed E-state index contributed by atoms with van der Waals surface area (Å²) < 4.78 is 2.19. The Morgan fingerprint density at radius 3 is 2.88 bits per heavy atom. The minimum Gasteiger partial charge on any atom is -0.267 e. The Kier molecular flexibility index (Phi) is 2.26. The third kappa shape index (κ3) is 1.64. The highest BCUT2D eigenvalue weighted by Gasteiger charge is 2.06. The molecule has 0 aliphatic heterocycles. The zero-order valence-electron chi connectivity index (χ0n) is 9.12.